The standard InChI is InChI=1S/C72H60N2O2/c1-43(2)51-21-15-23-57(35-51)73(61-31-45(5)29-46(6)32-61)59-27-25-53-39-63-65(41-55(53)37-59)75-71-69(63)67(49-17-11-9-12-18-49)68(50-19-13-10-14-20-50)70-64-40-54-26-28-60(38-56(54)42-66(64)76-72(70)71)74(62-33-47(7)30-48(8)34-62)58-24-16-22-52(36-58)44(3)4/h9-44H,1-8H3. The molecule has 13 aromatic rings. The topological polar surface area (TPSA) is 32.8 Å². The molecule has 370 valence electrons. The molecule has 0 N–H and O–H groups in total. The minimum absolute atomic E-state index is 0.399. The van der Waals surface area contributed by atoms with Crippen LogP contribution < -0.4 is 9.80 Å². The normalized spacial score (nSPS) is 11.9. The van der Waals surface area contributed by atoms with E-state index in [1.807, 2.05) is 0 Å². The summed E-state index contributed by atoms with van der Waals surface area (Å²) < 4.78 is 14.6. The molecule has 0 unspecified atom stereocenters. The molecule has 2 aromatic heterocycles. The van der Waals surface area contributed by atoms with Gasteiger partial charge >= 0.3 is 0 Å². The number of hydrogen-bond donors (Lipinski definition) is 0. The molecule has 0 fully saturated rings. The van der Waals surface area contributed by atoms with E-state index >= 15 is 0 Å². The van der Waals surface area contributed by atoms with Crippen LogP contribution in [-0.2, 0) is 0 Å². The Labute approximate surface area is 445 Å². The monoisotopic (exact) mass is 984 g/mol. The van der Waals surface area contributed by atoms with Gasteiger partial charge in [-0.05, 0) is 203 Å². The molecular formula is C72H60N2O2. The van der Waals surface area contributed by atoms with Gasteiger partial charge in [0.2, 0.25) is 0 Å². The third-order valence-corrected chi connectivity index (χ3v) is 15.4. The number of anilines is 6. The first-order valence-electron chi connectivity index (χ1n) is 26.8. The molecule has 76 heavy (non-hydrogen) atoms. The van der Waals surface area contributed by atoms with Crippen LogP contribution >= 0.6 is 0 Å². The van der Waals surface area contributed by atoms with Gasteiger partial charge in [-0.2, -0.15) is 0 Å². The van der Waals surface area contributed by atoms with Crippen molar-refractivity contribution in [2.75, 3.05) is 9.80 Å². The minimum Gasteiger partial charge on any atom is -0.452 e. The maximum Gasteiger partial charge on any atom is 0.179 e. The zero-order valence-corrected chi connectivity index (χ0v) is 44.5. The van der Waals surface area contributed by atoms with Crippen LogP contribution in [0.25, 0.3) is 87.7 Å². The fourth-order valence-electron chi connectivity index (χ4n) is 11.9. The smallest absolute Gasteiger partial charge is 0.179 e. The highest BCUT2D eigenvalue weighted by atomic mass is 16.4. The number of furan rings is 2. The first-order valence-corrected chi connectivity index (χ1v) is 26.8. The Hall–Kier alpha value is -8.86. The Morgan fingerprint density at radius 2 is 0.697 bits per heavy atom. The number of hydrogen-bond acceptors (Lipinski definition) is 4. The van der Waals surface area contributed by atoms with Gasteiger partial charge in [0.05, 0.1) is 0 Å². The van der Waals surface area contributed by atoms with Crippen LogP contribution in [0.3, 0.4) is 0 Å². The molecule has 0 amide bonds. The second-order valence-corrected chi connectivity index (χ2v) is 21.7. The number of aryl methyl sites for hydroxylation is 4. The summed E-state index contributed by atoms with van der Waals surface area (Å²) >= 11 is 0. The fourth-order valence-corrected chi connectivity index (χ4v) is 11.9. The predicted molar refractivity (Wildman–Crippen MR) is 323 cm³/mol. The van der Waals surface area contributed by atoms with E-state index in [9.17, 15) is 0 Å². The molecule has 0 saturated heterocycles. The molecule has 11 aromatic carbocycles. The lowest BCUT2D eigenvalue weighted by molar-refractivity contribution is 0.634. The van der Waals surface area contributed by atoms with Crippen LogP contribution in [0.5, 0.6) is 0 Å². The summed E-state index contributed by atoms with van der Waals surface area (Å²) in [5.74, 6) is 0.797. The zero-order chi connectivity index (χ0) is 51.9. The Morgan fingerprint density at radius 3 is 1.08 bits per heavy atom. The largest absolute Gasteiger partial charge is 0.452 e. The van der Waals surface area contributed by atoms with E-state index in [-0.39, 0.29) is 0 Å². The highest BCUT2D eigenvalue weighted by Crippen LogP contribution is 2.52. The first-order chi connectivity index (χ1) is 36.9. The molecule has 0 radical (unpaired) electrons. The van der Waals surface area contributed by atoms with Gasteiger partial charge in [0.25, 0.3) is 0 Å². The van der Waals surface area contributed by atoms with E-state index in [4.69, 9.17) is 8.83 Å². The molecule has 2 heterocycles. The van der Waals surface area contributed by atoms with Gasteiger partial charge in [0, 0.05) is 66.8 Å². The van der Waals surface area contributed by atoms with Gasteiger partial charge in [0.15, 0.2) is 11.2 Å². The van der Waals surface area contributed by atoms with Crippen LogP contribution in [0.2, 0.25) is 0 Å². The van der Waals surface area contributed by atoms with E-state index < -0.39 is 0 Å². The maximum absolute atomic E-state index is 7.28. The summed E-state index contributed by atoms with van der Waals surface area (Å²) in [6.45, 7) is 17.7. The Kier molecular flexibility index (Phi) is 11.4. The first kappa shape index (κ1) is 46.9. The SMILES string of the molecule is Cc1cc(C)cc(N(c2cccc(C(C)C)c2)c2ccc3cc4c(cc3c2)oc2c3oc5cc6cc(N(c7cc(C)cc(C)c7)c7cccc(C(C)C)c7)ccc6cc5c3c(-c3ccccc3)c(-c3ccccc3)c42)c1. The van der Waals surface area contributed by atoms with E-state index in [1.165, 1.54) is 33.4 Å². The predicted octanol–water partition coefficient (Wildman–Crippen LogP) is 21.5. The van der Waals surface area contributed by atoms with Crippen molar-refractivity contribution in [3.8, 4) is 22.3 Å². The Balaban J connectivity index is 1.06. The van der Waals surface area contributed by atoms with E-state index in [0.29, 0.717) is 11.8 Å². The molecule has 4 nitrogen and oxygen atoms in total. The molecule has 0 atom stereocenters. The number of nitrogens with zero attached hydrogens (tertiary/aromatic N) is 2. The van der Waals surface area contributed by atoms with Crippen molar-refractivity contribution in [3.63, 3.8) is 0 Å². The quantitative estimate of drug-likeness (QED) is 0.137. The van der Waals surface area contributed by atoms with Crippen LogP contribution in [-0.4, -0.2) is 0 Å². The van der Waals surface area contributed by atoms with E-state index in [0.717, 1.165) is 122 Å². The Morgan fingerprint density at radius 1 is 0.316 bits per heavy atom. The second kappa shape index (κ2) is 18.5. The number of rotatable bonds is 10. The van der Waals surface area contributed by atoms with Crippen molar-refractivity contribution in [2.45, 2.75) is 67.2 Å². The van der Waals surface area contributed by atoms with Crippen molar-refractivity contribution in [1.82, 2.24) is 0 Å². The van der Waals surface area contributed by atoms with E-state index in [1.54, 1.807) is 0 Å². The average Bonchev–Trinajstić information content (AvgIpc) is 4.16. The van der Waals surface area contributed by atoms with Gasteiger partial charge in [-0.25, -0.2) is 0 Å². The molecule has 0 spiro atoms. The minimum atomic E-state index is 0.399. The lowest BCUT2D eigenvalue weighted by atomic mass is 9.87. The average molecular weight is 985 g/mol. The zero-order valence-electron chi connectivity index (χ0n) is 44.5. The van der Waals surface area contributed by atoms with Crippen LogP contribution in [0.15, 0.2) is 215 Å². The third-order valence-electron chi connectivity index (χ3n) is 15.4. The van der Waals surface area contributed by atoms with Gasteiger partial charge < -0.3 is 18.6 Å². The number of benzene rings is 11. The van der Waals surface area contributed by atoms with Crippen molar-refractivity contribution in [1.29, 1.82) is 0 Å². The lowest BCUT2D eigenvalue weighted by Gasteiger charge is -2.27. The summed E-state index contributed by atoms with van der Waals surface area (Å²) in [6, 6.07) is 76.0. The molecule has 4 heteroatoms. The number of fused-ring (bicyclic) bond motifs is 9. The van der Waals surface area contributed by atoms with Gasteiger partial charge in [-0.15, -0.1) is 0 Å². The third kappa shape index (κ3) is 8.17. The maximum atomic E-state index is 7.28. The second-order valence-electron chi connectivity index (χ2n) is 21.7. The lowest BCUT2D eigenvalue weighted by Crippen LogP contribution is -2.11. The van der Waals surface area contributed by atoms with Crippen LogP contribution in [0, 0.1) is 27.7 Å². The van der Waals surface area contributed by atoms with Gasteiger partial charge in [0.1, 0.15) is 11.2 Å². The summed E-state index contributed by atoms with van der Waals surface area (Å²) in [5, 5.41) is 8.63. The van der Waals surface area contributed by atoms with Crippen molar-refractivity contribution >= 4 is 99.5 Å². The van der Waals surface area contributed by atoms with Crippen molar-refractivity contribution in [3.05, 3.63) is 240 Å². The van der Waals surface area contributed by atoms with Gasteiger partial charge in [-0.3, -0.25) is 0 Å². The highest BCUT2D eigenvalue weighted by Gasteiger charge is 2.28. The molecule has 0 aliphatic rings. The molecule has 0 aliphatic carbocycles. The van der Waals surface area contributed by atoms with Crippen molar-refractivity contribution < 1.29 is 8.83 Å². The molecule has 13 rings (SSSR count). The van der Waals surface area contributed by atoms with Crippen LogP contribution in [0.4, 0.5) is 34.1 Å². The molecule has 0 saturated carbocycles. The summed E-state index contributed by atoms with van der Waals surface area (Å²) in [7, 11) is 0. The van der Waals surface area contributed by atoms with Crippen LogP contribution in [0.1, 0.15) is 72.9 Å². The summed E-state index contributed by atoms with van der Waals surface area (Å²) in [6.07, 6.45) is 0. The highest BCUT2D eigenvalue weighted by molar-refractivity contribution is 6.31. The van der Waals surface area contributed by atoms with Gasteiger partial charge in [-0.1, -0.05) is 137 Å². The molecule has 0 bridgehead atoms. The van der Waals surface area contributed by atoms with E-state index in [2.05, 4.69) is 271 Å². The Bertz CT molecular complexity index is 4080. The summed E-state index contributed by atoms with van der Waals surface area (Å²) in [4.78, 5) is 4.79. The summed E-state index contributed by atoms with van der Waals surface area (Å²) in [5.41, 5.74) is 21.8. The fraction of sp³-hybridized carbons (Fsp3) is 0.139. The molecule has 0 aliphatic heterocycles. The molecular weight excluding hydrogens is 925 g/mol. The van der Waals surface area contributed by atoms with Crippen molar-refractivity contribution in [2.24, 2.45) is 0 Å².